The van der Waals surface area contributed by atoms with Gasteiger partial charge in [0, 0.05) is 36.6 Å². The second kappa shape index (κ2) is 9.06. The van der Waals surface area contributed by atoms with E-state index in [2.05, 4.69) is 26.2 Å². The van der Waals surface area contributed by atoms with Crippen LogP contribution in [0.5, 0.6) is 0 Å². The minimum atomic E-state index is -1.43. The highest BCUT2D eigenvalue weighted by atomic mass is 79.9. The first-order valence-corrected chi connectivity index (χ1v) is 11.4. The molecule has 1 aliphatic rings. The van der Waals surface area contributed by atoms with Gasteiger partial charge in [-0.3, -0.25) is 4.98 Å². The summed E-state index contributed by atoms with van der Waals surface area (Å²) < 4.78 is 18.3. The lowest BCUT2D eigenvalue weighted by atomic mass is 9.83. The number of aromatic nitrogens is 1. The molecule has 31 heavy (non-hydrogen) atoms. The fourth-order valence-corrected chi connectivity index (χ4v) is 4.05. The maximum Gasteiger partial charge on any atom is 0.407 e. The molecule has 2 heterocycles. The van der Waals surface area contributed by atoms with Crippen LogP contribution in [0.25, 0.3) is 0 Å². The van der Waals surface area contributed by atoms with Crippen LogP contribution in [0.1, 0.15) is 71.7 Å². The van der Waals surface area contributed by atoms with Crippen LogP contribution in [0, 0.1) is 19.8 Å². The van der Waals surface area contributed by atoms with Gasteiger partial charge in [-0.05, 0) is 58.1 Å². The van der Waals surface area contributed by atoms with E-state index in [0.29, 0.717) is 12.1 Å². The lowest BCUT2D eigenvalue weighted by Gasteiger charge is -2.36. The van der Waals surface area contributed by atoms with Crippen LogP contribution in [-0.2, 0) is 25.4 Å². The van der Waals surface area contributed by atoms with E-state index in [1.165, 1.54) is 0 Å². The van der Waals surface area contributed by atoms with Crippen LogP contribution < -0.4 is 5.32 Å². The Morgan fingerprint density at radius 2 is 1.90 bits per heavy atom. The molecule has 0 spiro atoms. The summed E-state index contributed by atoms with van der Waals surface area (Å²) in [6.45, 7) is 16.7. The van der Waals surface area contributed by atoms with E-state index in [1.807, 2.05) is 27.7 Å². The van der Waals surface area contributed by atoms with Crippen LogP contribution in [-0.4, -0.2) is 40.1 Å². The van der Waals surface area contributed by atoms with Crippen molar-refractivity contribution in [3.05, 3.63) is 27.5 Å². The van der Waals surface area contributed by atoms with Crippen LogP contribution >= 0.6 is 15.9 Å². The number of cyclic esters (lactones) is 1. The topological polar surface area (TPSA) is 86.8 Å². The van der Waals surface area contributed by atoms with E-state index in [9.17, 15) is 9.59 Å². The van der Waals surface area contributed by atoms with E-state index in [1.54, 1.807) is 40.8 Å². The van der Waals surface area contributed by atoms with Gasteiger partial charge in [0.05, 0.1) is 6.04 Å². The van der Waals surface area contributed by atoms with Gasteiger partial charge in [0.25, 0.3) is 0 Å². The normalized spacial score (nSPS) is 21.7. The quantitative estimate of drug-likeness (QED) is 0.555. The van der Waals surface area contributed by atoms with Gasteiger partial charge in [-0.2, -0.15) is 0 Å². The molecule has 174 valence electrons. The fourth-order valence-electron chi connectivity index (χ4n) is 3.72. The SMILES string of the molecule is Cc1cnc(C[C@]2([C@H](CC(C)C)NC(=O)OC(C)(C)C)OC(C)(C)OC2=O)c(C)c1Br. The zero-order valence-corrected chi connectivity index (χ0v) is 21.6. The number of ether oxygens (including phenoxy) is 3. The van der Waals surface area contributed by atoms with Gasteiger partial charge in [-0.1, -0.05) is 29.8 Å². The minimum absolute atomic E-state index is 0.160. The van der Waals surface area contributed by atoms with Crippen molar-refractivity contribution in [3.8, 4) is 0 Å². The molecule has 0 unspecified atom stereocenters. The number of esters is 1. The molecular formula is C23H35BrN2O5. The highest BCUT2D eigenvalue weighted by Gasteiger charge is 2.59. The number of carbonyl (C=O) groups is 2. The molecule has 1 fully saturated rings. The zero-order valence-electron chi connectivity index (χ0n) is 20.0. The summed E-state index contributed by atoms with van der Waals surface area (Å²) in [5, 5.41) is 2.90. The predicted octanol–water partition coefficient (Wildman–Crippen LogP) is 4.99. The second-order valence-electron chi connectivity index (χ2n) is 10.1. The number of hydrogen-bond donors (Lipinski definition) is 1. The highest BCUT2D eigenvalue weighted by molar-refractivity contribution is 9.10. The maximum atomic E-state index is 13.3. The van der Waals surface area contributed by atoms with Gasteiger partial charge in [-0.15, -0.1) is 0 Å². The van der Waals surface area contributed by atoms with E-state index in [0.717, 1.165) is 15.6 Å². The lowest BCUT2D eigenvalue weighted by Crippen LogP contribution is -2.59. The summed E-state index contributed by atoms with van der Waals surface area (Å²) in [6.07, 6.45) is 1.81. The van der Waals surface area contributed by atoms with Crippen LogP contribution in [0.3, 0.4) is 0 Å². The number of nitrogens with one attached hydrogen (secondary N) is 1. The Morgan fingerprint density at radius 1 is 1.29 bits per heavy atom. The Labute approximate surface area is 193 Å². The third-order valence-corrected chi connectivity index (χ3v) is 6.25. The number of carbonyl (C=O) groups excluding carboxylic acids is 2. The zero-order chi connectivity index (χ0) is 23.8. The third kappa shape index (κ3) is 6.19. The largest absolute Gasteiger partial charge is 0.444 e. The molecule has 1 aliphatic heterocycles. The van der Waals surface area contributed by atoms with Gasteiger partial charge >= 0.3 is 12.1 Å². The van der Waals surface area contributed by atoms with Gasteiger partial charge in [0.15, 0.2) is 5.60 Å². The van der Waals surface area contributed by atoms with Gasteiger partial charge in [-0.25, -0.2) is 9.59 Å². The Kier molecular flexibility index (Phi) is 7.48. The maximum absolute atomic E-state index is 13.3. The molecule has 1 aromatic rings. The first-order chi connectivity index (χ1) is 14.1. The Bertz CT molecular complexity index is 847. The van der Waals surface area contributed by atoms with E-state index < -0.39 is 35.1 Å². The standard InChI is InChI=1S/C23H35BrN2O5/c1-13(2)10-17(26-20(28)30-21(5,6)7)23(19(27)29-22(8,9)31-23)11-16-15(4)18(24)14(3)12-25-16/h12-13,17H,10-11H2,1-9H3,(H,26,28)/t17-,23+/m0/s1. The van der Waals surface area contributed by atoms with Gasteiger partial charge < -0.3 is 19.5 Å². The molecule has 1 saturated heterocycles. The first-order valence-electron chi connectivity index (χ1n) is 10.6. The van der Waals surface area contributed by atoms with E-state index >= 15 is 0 Å². The van der Waals surface area contributed by atoms with Crippen molar-refractivity contribution >= 4 is 28.0 Å². The molecule has 7 nitrogen and oxygen atoms in total. The van der Waals surface area contributed by atoms with Crippen molar-refractivity contribution in [2.75, 3.05) is 0 Å². The van der Waals surface area contributed by atoms with Crippen LogP contribution in [0.4, 0.5) is 4.79 Å². The number of nitrogens with zero attached hydrogens (tertiary/aromatic N) is 1. The van der Waals surface area contributed by atoms with Crippen molar-refractivity contribution in [3.63, 3.8) is 0 Å². The molecular weight excluding hydrogens is 464 g/mol. The van der Waals surface area contributed by atoms with Crippen LogP contribution in [0.15, 0.2) is 10.7 Å². The molecule has 0 radical (unpaired) electrons. The van der Waals surface area contributed by atoms with Crippen LogP contribution in [0.2, 0.25) is 0 Å². The molecule has 2 rings (SSSR count). The third-order valence-electron chi connectivity index (χ3n) is 5.03. The lowest BCUT2D eigenvalue weighted by molar-refractivity contribution is -0.170. The molecule has 1 aromatic heterocycles. The van der Waals surface area contributed by atoms with Crippen molar-refractivity contribution in [1.82, 2.24) is 10.3 Å². The first kappa shape index (κ1) is 25.6. The van der Waals surface area contributed by atoms with Gasteiger partial charge in [0.2, 0.25) is 5.79 Å². The fraction of sp³-hybridized carbons (Fsp3) is 0.696. The summed E-state index contributed by atoms with van der Waals surface area (Å²) in [5.74, 6) is -1.47. The van der Waals surface area contributed by atoms with E-state index in [4.69, 9.17) is 14.2 Å². The summed E-state index contributed by atoms with van der Waals surface area (Å²) in [7, 11) is 0. The number of hydrogen-bond acceptors (Lipinski definition) is 6. The van der Waals surface area contributed by atoms with Crippen molar-refractivity contribution in [2.24, 2.45) is 5.92 Å². The highest BCUT2D eigenvalue weighted by Crippen LogP contribution is 2.40. The summed E-state index contributed by atoms with van der Waals surface area (Å²) in [5.41, 5.74) is 0.511. The summed E-state index contributed by atoms with van der Waals surface area (Å²) >= 11 is 3.60. The molecule has 0 aliphatic carbocycles. The molecule has 0 aromatic carbocycles. The van der Waals surface area contributed by atoms with Crippen molar-refractivity contribution in [2.45, 2.75) is 98.2 Å². The number of rotatable bonds is 6. The van der Waals surface area contributed by atoms with E-state index in [-0.39, 0.29) is 12.3 Å². The monoisotopic (exact) mass is 498 g/mol. The average Bonchev–Trinajstić information content (AvgIpc) is 2.82. The number of halogens is 1. The molecule has 1 N–H and O–H groups in total. The Balaban J connectivity index is 2.52. The molecule has 2 atom stereocenters. The second-order valence-corrected chi connectivity index (χ2v) is 10.9. The Hall–Kier alpha value is -1.67. The summed E-state index contributed by atoms with van der Waals surface area (Å²) in [4.78, 5) is 30.5. The summed E-state index contributed by atoms with van der Waals surface area (Å²) in [6, 6.07) is -0.669. The van der Waals surface area contributed by atoms with Crippen molar-refractivity contribution < 1.29 is 23.8 Å². The molecule has 0 bridgehead atoms. The number of amides is 1. The van der Waals surface area contributed by atoms with Crippen molar-refractivity contribution in [1.29, 1.82) is 0 Å². The molecule has 0 saturated carbocycles. The molecule has 8 heteroatoms. The number of alkyl carbamates (subject to hydrolysis) is 1. The minimum Gasteiger partial charge on any atom is -0.444 e. The molecule has 1 amide bonds. The number of aryl methyl sites for hydroxylation is 1. The smallest absolute Gasteiger partial charge is 0.407 e. The van der Waals surface area contributed by atoms with Gasteiger partial charge in [0.1, 0.15) is 5.60 Å². The predicted molar refractivity (Wildman–Crippen MR) is 122 cm³/mol. The number of pyridine rings is 1. The Morgan fingerprint density at radius 3 is 2.39 bits per heavy atom. The average molecular weight is 499 g/mol.